The number of hydrogen-bond donors (Lipinski definition) is 0. The maximum atomic E-state index is 2.66. The van der Waals surface area contributed by atoms with Gasteiger partial charge in [0.2, 0.25) is 0 Å². The summed E-state index contributed by atoms with van der Waals surface area (Å²) in [6, 6.07) is 65.3. The third-order valence-corrected chi connectivity index (χ3v) is 19.6. The van der Waals surface area contributed by atoms with E-state index in [1.54, 1.807) is 0 Å². The molecule has 0 radical (unpaired) electrons. The average Bonchev–Trinajstić information content (AvgIpc) is 4.24. The number of aromatic nitrogens is 2. The Hall–Kier alpha value is -7.32. The number of thiophene rings is 4. The second-order valence-corrected chi connectivity index (χ2v) is 22.6. The normalized spacial score (nSPS) is 13.2. The summed E-state index contributed by atoms with van der Waals surface area (Å²) < 4.78 is 16.0. The molecule has 0 fully saturated rings. The van der Waals surface area contributed by atoms with Crippen molar-refractivity contribution in [3.63, 3.8) is 0 Å². The lowest BCUT2D eigenvalue weighted by atomic mass is 9.94. The van der Waals surface area contributed by atoms with E-state index in [1.807, 2.05) is 45.3 Å². The van der Waals surface area contributed by atoms with Gasteiger partial charge in [0.1, 0.15) is 0 Å². The van der Waals surface area contributed by atoms with Crippen molar-refractivity contribution in [3.8, 4) is 11.1 Å². The molecule has 8 aromatic heterocycles. The molecule has 0 saturated heterocycles. The van der Waals surface area contributed by atoms with E-state index in [1.165, 1.54) is 168 Å². The number of hydrogen-bond acceptors (Lipinski definition) is 4. The molecule has 0 N–H and O–H groups in total. The molecule has 2 nitrogen and oxygen atoms in total. The van der Waals surface area contributed by atoms with Gasteiger partial charge in [0, 0.05) is 129 Å². The summed E-state index contributed by atoms with van der Waals surface area (Å²) in [5, 5.41) is 21.4. The number of nitrogens with zero attached hydrogens (tertiary/aromatic N) is 2. The highest BCUT2D eigenvalue weighted by molar-refractivity contribution is 7.27. The predicted octanol–water partition coefficient (Wildman–Crippen LogP) is 19.1. The summed E-state index contributed by atoms with van der Waals surface area (Å²) in [6.07, 6.45) is 0. The summed E-state index contributed by atoms with van der Waals surface area (Å²) >= 11 is 7.65. The Balaban J connectivity index is 1.07. The third kappa shape index (κ3) is 3.92. The second-order valence-electron chi connectivity index (χ2n) is 18.3. The topological polar surface area (TPSA) is 8.82 Å². The largest absolute Gasteiger partial charge is 0.308 e. The molecule has 0 spiro atoms. The maximum Gasteiger partial charge on any atom is 0.0627 e. The highest BCUT2D eigenvalue weighted by Gasteiger charge is 2.28. The van der Waals surface area contributed by atoms with Gasteiger partial charge < -0.3 is 8.80 Å². The van der Waals surface area contributed by atoms with E-state index in [-0.39, 0.29) is 0 Å². The van der Waals surface area contributed by atoms with Crippen molar-refractivity contribution < 1.29 is 0 Å². The van der Waals surface area contributed by atoms with Crippen molar-refractivity contribution in [2.45, 2.75) is 0 Å². The number of fused-ring (bicyclic) bond motifs is 26. The fourth-order valence-corrected chi connectivity index (χ4v) is 17.0. The van der Waals surface area contributed by atoms with Crippen molar-refractivity contribution in [2.75, 3.05) is 0 Å². The quantitative estimate of drug-likeness (QED) is 0.155. The van der Waals surface area contributed by atoms with Crippen molar-refractivity contribution in [1.82, 2.24) is 8.80 Å². The van der Waals surface area contributed by atoms with E-state index in [0.717, 1.165) is 0 Å². The van der Waals surface area contributed by atoms with Crippen LogP contribution in [0.5, 0.6) is 0 Å². The minimum Gasteiger partial charge on any atom is -0.308 e. The molecule has 0 unspecified atom stereocenters. The molecule has 0 aliphatic rings. The highest BCUT2D eigenvalue weighted by atomic mass is 32.1. The zero-order chi connectivity index (χ0) is 42.3. The highest BCUT2D eigenvalue weighted by Crippen LogP contribution is 2.53. The van der Waals surface area contributed by atoms with E-state index in [4.69, 9.17) is 0 Å². The molecule has 0 aliphatic heterocycles. The molecular weight excluding hydrogens is 877 g/mol. The van der Waals surface area contributed by atoms with Gasteiger partial charge in [-0.3, -0.25) is 0 Å². The first-order chi connectivity index (χ1) is 32.7. The molecule has 18 aromatic rings. The Morgan fingerprint density at radius 1 is 0.242 bits per heavy atom. The predicted molar refractivity (Wildman–Crippen MR) is 293 cm³/mol. The summed E-state index contributed by atoms with van der Waals surface area (Å²) in [4.78, 5) is 0. The van der Waals surface area contributed by atoms with E-state index in [2.05, 4.69) is 179 Å². The molecule has 66 heavy (non-hydrogen) atoms. The minimum absolute atomic E-state index is 1.26. The van der Waals surface area contributed by atoms with Crippen molar-refractivity contribution >= 4 is 202 Å². The fraction of sp³-hybridized carbons (Fsp3) is 0. The molecule has 0 bridgehead atoms. The second kappa shape index (κ2) is 11.5. The van der Waals surface area contributed by atoms with Crippen molar-refractivity contribution in [1.29, 1.82) is 0 Å². The number of rotatable bonds is 1. The molecule has 6 heteroatoms. The van der Waals surface area contributed by atoms with Crippen LogP contribution in [0.25, 0.3) is 168 Å². The summed E-state index contributed by atoms with van der Waals surface area (Å²) in [5.41, 5.74) is 10.3. The molecule has 0 aliphatic carbocycles. The molecule has 302 valence electrons. The first-order valence-corrected chi connectivity index (χ1v) is 25.7. The van der Waals surface area contributed by atoms with Gasteiger partial charge in [-0.25, -0.2) is 0 Å². The molecular formula is C60H28N2S4. The third-order valence-electron chi connectivity index (χ3n) is 15.1. The smallest absolute Gasteiger partial charge is 0.0627 e. The molecule has 10 aromatic carbocycles. The van der Waals surface area contributed by atoms with Gasteiger partial charge in [0.15, 0.2) is 0 Å². The zero-order valence-electron chi connectivity index (χ0n) is 34.7. The number of benzene rings is 10. The van der Waals surface area contributed by atoms with Gasteiger partial charge in [-0.15, -0.1) is 45.3 Å². The van der Waals surface area contributed by atoms with Gasteiger partial charge in [-0.1, -0.05) is 91.0 Å². The first-order valence-electron chi connectivity index (χ1n) is 22.5. The van der Waals surface area contributed by atoms with Gasteiger partial charge >= 0.3 is 0 Å². The Morgan fingerprint density at radius 2 is 0.727 bits per heavy atom. The fourth-order valence-electron chi connectivity index (χ4n) is 12.5. The molecule has 0 amide bonds. The van der Waals surface area contributed by atoms with Crippen LogP contribution in [0.2, 0.25) is 0 Å². The molecule has 0 saturated carbocycles. The van der Waals surface area contributed by atoms with Gasteiger partial charge in [-0.05, 0) is 84.4 Å². The standard InChI is InChI=1S/C60H28N2S4/c1-5-16-46-30(10-1)39-24-37-41-22-29(23-42-38-25-40-31-11-2-6-17-47(31)65-52(40)28-45(38)61(59(41)42)44(37)27-51(39)64-46)36-26-53-56(33-13-4-8-19-49(33)66-53)57-35-15-9-14-34-54-43(62(58(34)35)60(36)57)20-21-50-55(54)32-12-3-7-18-48(32)63-50/h1-28H. The lowest BCUT2D eigenvalue weighted by Crippen LogP contribution is -1.87. The number of para-hydroxylation sites is 1. The van der Waals surface area contributed by atoms with E-state index in [0.29, 0.717) is 0 Å². The lowest BCUT2D eigenvalue weighted by Gasteiger charge is -2.10. The van der Waals surface area contributed by atoms with Crippen LogP contribution in [-0.2, 0) is 0 Å². The lowest BCUT2D eigenvalue weighted by molar-refractivity contribution is 1.37. The Bertz CT molecular complexity index is 5080. The Morgan fingerprint density at radius 3 is 1.35 bits per heavy atom. The van der Waals surface area contributed by atoms with Crippen molar-refractivity contribution in [2.24, 2.45) is 0 Å². The van der Waals surface area contributed by atoms with Crippen LogP contribution in [0, 0.1) is 0 Å². The van der Waals surface area contributed by atoms with E-state index >= 15 is 0 Å². The van der Waals surface area contributed by atoms with Crippen LogP contribution in [0.15, 0.2) is 170 Å². The average molecular weight is 905 g/mol. The summed E-state index contributed by atoms with van der Waals surface area (Å²) in [5.74, 6) is 0. The first kappa shape index (κ1) is 34.1. The van der Waals surface area contributed by atoms with E-state index < -0.39 is 0 Å². The van der Waals surface area contributed by atoms with Crippen LogP contribution >= 0.6 is 45.3 Å². The summed E-state index contributed by atoms with van der Waals surface area (Å²) in [7, 11) is 0. The van der Waals surface area contributed by atoms with Crippen LogP contribution < -0.4 is 0 Å². The Kier molecular flexibility index (Phi) is 5.96. The van der Waals surface area contributed by atoms with Crippen LogP contribution in [-0.4, -0.2) is 8.80 Å². The summed E-state index contributed by atoms with van der Waals surface area (Å²) in [6.45, 7) is 0. The van der Waals surface area contributed by atoms with Gasteiger partial charge in [-0.2, -0.15) is 0 Å². The van der Waals surface area contributed by atoms with Gasteiger partial charge in [0.05, 0.1) is 33.1 Å². The monoisotopic (exact) mass is 904 g/mol. The van der Waals surface area contributed by atoms with Crippen molar-refractivity contribution in [3.05, 3.63) is 170 Å². The van der Waals surface area contributed by atoms with Crippen LogP contribution in [0.3, 0.4) is 0 Å². The SMILES string of the molecule is c1ccc2c(c1)sc1cc3c(cc12)c1cc(-c2cc4sc5ccccc5c4c4c5cccc6c7c8c(ccc7n(c24)c65)sc2ccccc28)cc2c4cc5c(cc4n3c12)sc1ccccc15. The minimum atomic E-state index is 1.26. The maximum absolute atomic E-state index is 2.66. The van der Waals surface area contributed by atoms with Gasteiger partial charge in [0.25, 0.3) is 0 Å². The van der Waals surface area contributed by atoms with E-state index in [9.17, 15) is 0 Å². The molecule has 0 atom stereocenters. The van der Waals surface area contributed by atoms with Crippen LogP contribution in [0.4, 0.5) is 0 Å². The zero-order valence-corrected chi connectivity index (χ0v) is 38.0. The van der Waals surface area contributed by atoms with Crippen LogP contribution in [0.1, 0.15) is 0 Å². The Labute approximate surface area is 389 Å². The molecule has 18 rings (SSSR count). The molecule has 8 heterocycles.